The third-order valence-corrected chi connectivity index (χ3v) is 3.44. The molecule has 5 nitrogen and oxygen atoms in total. The number of nitrogens with zero attached hydrogens (tertiary/aromatic N) is 1. The van der Waals surface area contributed by atoms with E-state index in [1.807, 2.05) is 0 Å². The Morgan fingerprint density at radius 1 is 1.38 bits per heavy atom. The maximum absolute atomic E-state index is 11.1. The molecule has 0 atom stereocenters. The van der Waals surface area contributed by atoms with Crippen LogP contribution >= 0.6 is 22.3 Å². The molecule has 0 amide bonds. The second-order valence-electron chi connectivity index (χ2n) is 2.90. The Hall–Kier alpha value is -1.11. The number of carbonyl (C=O) groups is 1. The van der Waals surface area contributed by atoms with Crippen molar-refractivity contribution >= 4 is 47.5 Å². The van der Waals surface area contributed by atoms with Gasteiger partial charge < -0.3 is 4.52 Å². The fourth-order valence-electron chi connectivity index (χ4n) is 1.21. The van der Waals surface area contributed by atoms with E-state index in [9.17, 15) is 13.2 Å². The molecule has 0 radical (unpaired) electrons. The number of halogens is 2. The molecular weight excluding hydrogens is 277 g/mol. The third kappa shape index (κ3) is 1.91. The van der Waals surface area contributed by atoms with Gasteiger partial charge in [0.2, 0.25) is 0 Å². The van der Waals surface area contributed by atoms with Crippen LogP contribution in [0.2, 0.25) is 0 Å². The molecule has 16 heavy (non-hydrogen) atoms. The van der Waals surface area contributed by atoms with Gasteiger partial charge in [0.05, 0.1) is 10.3 Å². The molecule has 1 heterocycles. The molecule has 2 rings (SSSR count). The smallest absolute Gasteiger partial charge is 0.275 e. The summed E-state index contributed by atoms with van der Waals surface area (Å²) < 4.78 is 26.9. The first kappa shape index (κ1) is 11.4. The average molecular weight is 280 g/mol. The Kier molecular flexibility index (Phi) is 2.65. The van der Waals surface area contributed by atoms with E-state index in [0.717, 1.165) is 0 Å². The summed E-state index contributed by atoms with van der Waals surface area (Å²) in [7, 11) is 1.29. The molecule has 0 aliphatic heterocycles. The monoisotopic (exact) mass is 279 g/mol. The lowest BCUT2D eigenvalue weighted by Crippen LogP contribution is -1.92. The maximum atomic E-state index is 11.1. The minimum absolute atomic E-state index is 0.140. The Labute approximate surface area is 99.3 Å². The van der Waals surface area contributed by atoms with Gasteiger partial charge in [-0.05, 0) is 29.8 Å². The van der Waals surface area contributed by atoms with Crippen molar-refractivity contribution in [2.24, 2.45) is 0 Å². The van der Waals surface area contributed by atoms with E-state index < -0.39 is 14.3 Å². The van der Waals surface area contributed by atoms with Crippen molar-refractivity contribution in [2.45, 2.75) is 4.90 Å². The van der Waals surface area contributed by atoms with E-state index in [-0.39, 0.29) is 21.6 Å². The van der Waals surface area contributed by atoms with Gasteiger partial charge in [0.15, 0.2) is 11.3 Å². The van der Waals surface area contributed by atoms with E-state index in [1.54, 1.807) is 0 Å². The number of fused-ring (bicyclic) bond motifs is 1. The van der Waals surface area contributed by atoms with Crippen LogP contribution in [0.15, 0.2) is 27.6 Å². The van der Waals surface area contributed by atoms with Gasteiger partial charge in [0.1, 0.15) is 0 Å². The maximum Gasteiger partial charge on any atom is 0.275 e. The van der Waals surface area contributed by atoms with Crippen molar-refractivity contribution in [3.05, 3.63) is 23.9 Å². The van der Waals surface area contributed by atoms with Crippen LogP contribution < -0.4 is 0 Å². The lowest BCUT2D eigenvalue weighted by Gasteiger charge is -1.94. The minimum atomic E-state index is -3.87. The minimum Gasteiger partial charge on any atom is -0.355 e. The highest BCUT2D eigenvalue weighted by atomic mass is 35.7. The number of benzene rings is 1. The zero-order valence-electron chi connectivity index (χ0n) is 7.48. The van der Waals surface area contributed by atoms with Crippen LogP contribution in [-0.2, 0) is 9.05 Å². The summed E-state index contributed by atoms with van der Waals surface area (Å²) in [5.41, 5.74) is 0.118. The summed E-state index contributed by atoms with van der Waals surface area (Å²) in [6.07, 6.45) is 0. The predicted molar refractivity (Wildman–Crippen MR) is 57.2 cm³/mol. The third-order valence-electron chi connectivity index (χ3n) is 1.91. The average Bonchev–Trinajstić information content (AvgIpc) is 2.58. The van der Waals surface area contributed by atoms with Crippen molar-refractivity contribution in [1.82, 2.24) is 5.16 Å². The molecule has 0 unspecified atom stereocenters. The summed E-state index contributed by atoms with van der Waals surface area (Å²) in [6.45, 7) is 0. The standard InChI is InChI=1S/C8H3Cl2NO4S/c9-8(12)7-5-3-4(16(10,13)14)1-2-6(5)15-11-7/h1-3H. The van der Waals surface area contributed by atoms with Gasteiger partial charge in [-0.15, -0.1) is 0 Å². The van der Waals surface area contributed by atoms with Gasteiger partial charge >= 0.3 is 0 Å². The van der Waals surface area contributed by atoms with Gasteiger partial charge in [-0.25, -0.2) is 8.42 Å². The van der Waals surface area contributed by atoms with Crippen molar-refractivity contribution in [3.8, 4) is 0 Å². The molecule has 1 aromatic heterocycles. The molecule has 8 heteroatoms. The second kappa shape index (κ2) is 3.73. The van der Waals surface area contributed by atoms with E-state index >= 15 is 0 Å². The van der Waals surface area contributed by atoms with E-state index in [1.165, 1.54) is 18.2 Å². The summed E-state index contributed by atoms with van der Waals surface area (Å²) in [5.74, 6) is 0. The molecule has 0 saturated heterocycles. The van der Waals surface area contributed by atoms with E-state index in [4.69, 9.17) is 26.8 Å². The molecule has 2 aromatic rings. The van der Waals surface area contributed by atoms with Crippen LogP contribution in [0.1, 0.15) is 10.5 Å². The fraction of sp³-hybridized carbons (Fsp3) is 0. The molecule has 1 aromatic carbocycles. The van der Waals surface area contributed by atoms with Crippen molar-refractivity contribution < 1.29 is 17.7 Å². The molecule has 0 N–H and O–H groups in total. The summed E-state index contributed by atoms with van der Waals surface area (Å²) >= 11 is 5.25. The summed E-state index contributed by atoms with van der Waals surface area (Å²) in [4.78, 5) is 10.8. The van der Waals surface area contributed by atoms with Gasteiger partial charge in [0, 0.05) is 10.7 Å². The lowest BCUT2D eigenvalue weighted by atomic mass is 10.2. The fourth-order valence-corrected chi connectivity index (χ4v) is 2.12. The molecule has 0 aliphatic rings. The van der Waals surface area contributed by atoms with Crippen molar-refractivity contribution in [1.29, 1.82) is 0 Å². The quantitative estimate of drug-likeness (QED) is 0.787. The molecular formula is C8H3Cl2NO4S. The van der Waals surface area contributed by atoms with Gasteiger partial charge in [0.25, 0.3) is 14.3 Å². The first-order valence-corrected chi connectivity index (χ1v) is 6.62. The van der Waals surface area contributed by atoms with Crippen molar-refractivity contribution in [2.75, 3.05) is 0 Å². The normalized spacial score (nSPS) is 11.9. The Morgan fingerprint density at radius 2 is 2.06 bits per heavy atom. The molecule has 0 spiro atoms. The van der Waals surface area contributed by atoms with Crippen LogP contribution in [0, 0.1) is 0 Å². The topological polar surface area (TPSA) is 77.2 Å². The van der Waals surface area contributed by atoms with Gasteiger partial charge in [-0.2, -0.15) is 0 Å². The highest BCUT2D eigenvalue weighted by Crippen LogP contribution is 2.25. The van der Waals surface area contributed by atoms with Crippen LogP contribution in [0.3, 0.4) is 0 Å². The van der Waals surface area contributed by atoms with Crippen molar-refractivity contribution in [3.63, 3.8) is 0 Å². The SMILES string of the molecule is O=C(Cl)c1noc2ccc(S(=O)(=O)Cl)cc12. The Balaban J connectivity index is 2.78. The Bertz CT molecular complexity index is 676. The van der Waals surface area contributed by atoms with Crippen LogP contribution in [-0.4, -0.2) is 18.8 Å². The van der Waals surface area contributed by atoms with Crippen LogP contribution in [0.5, 0.6) is 0 Å². The zero-order valence-corrected chi connectivity index (χ0v) is 9.80. The van der Waals surface area contributed by atoms with E-state index in [2.05, 4.69) is 5.16 Å². The van der Waals surface area contributed by atoms with E-state index in [0.29, 0.717) is 0 Å². The largest absolute Gasteiger partial charge is 0.355 e. The number of hydrogen-bond donors (Lipinski definition) is 0. The van der Waals surface area contributed by atoms with Crippen LogP contribution in [0.4, 0.5) is 0 Å². The Morgan fingerprint density at radius 3 is 2.62 bits per heavy atom. The zero-order chi connectivity index (χ0) is 11.9. The molecule has 0 aliphatic carbocycles. The number of aromatic nitrogens is 1. The van der Waals surface area contributed by atoms with Gasteiger partial charge in [-0.1, -0.05) is 5.16 Å². The second-order valence-corrected chi connectivity index (χ2v) is 5.81. The molecule has 84 valence electrons. The first-order valence-electron chi connectivity index (χ1n) is 3.93. The molecule has 0 fully saturated rings. The van der Waals surface area contributed by atoms with Crippen LogP contribution in [0.25, 0.3) is 11.0 Å². The molecule has 0 saturated carbocycles. The first-order chi connectivity index (χ1) is 7.39. The highest BCUT2D eigenvalue weighted by molar-refractivity contribution is 8.13. The lowest BCUT2D eigenvalue weighted by molar-refractivity contribution is 0.107. The molecule has 0 bridgehead atoms. The number of carbonyl (C=O) groups excluding carboxylic acids is 1. The predicted octanol–water partition coefficient (Wildman–Crippen LogP) is 2.13. The summed E-state index contributed by atoms with van der Waals surface area (Å²) in [5, 5.41) is 2.80. The van der Waals surface area contributed by atoms with Gasteiger partial charge in [-0.3, -0.25) is 4.79 Å². The number of hydrogen-bond acceptors (Lipinski definition) is 5. The highest BCUT2D eigenvalue weighted by Gasteiger charge is 2.17. The summed E-state index contributed by atoms with van der Waals surface area (Å²) in [6, 6.07) is 3.78. The number of rotatable bonds is 2.